The number of halogens is 4. The summed E-state index contributed by atoms with van der Waals surface area (Å²) < 4.78 is 53.1. The molecule has 0 amide bonds. The molecule has 1 aliphatic heterocycles. The van der Waals surface area contributed by atoms with Crippen LogP contribution in [0.25, 0.3) is 0 Å². The van der Waals surface area contributed by atoms with E-state index in [1.165, 1.54) is 19.1 Å². The van der Waals surface area contributed by atoms with Gasteiger partial charge in [0.15, 0.2) is 17.3 Å². The summed E-state index contributed by atoms with van der Waals surface area (Å²) >= 11 is 3.11. The van der Waals surface area contributed by atoms with Crippen LogP contribution in [0.3, 0.4) is 0 Å². The number of carbonyl (C=O) groups is 2. The van der Waals surface area contributed by atoms with Crippen LogP contribution in [-0.2, 0) is 9.53 Å². The molecule has 126 valence electrons. The van der Waals surface area contributed by atoms with Gasteiger partial charge in [0, 0.05) is 5.56 Å². The number of alkyl halides is 3. The Morgan fingerprint density at radius 3 is 2.65 bits per heavy atom. The zero-order valence-electron chi connectivity index (χ0n) is 11.9. The molecule has 0 N–H and O–H groups in total. The molecule has 9 heteroatoms. The summed E-state index contributed by atoms with van der Waals surface area (Å²) in [5, 5.41) is 0. The summed E-state index contributed by atoms with van der Waals surface area (Å²) in [5.74, 6) is -3.60. The van der Waals surface area contributed by atoms with E-state index in [9.17, 15) is 22.8 Å². The average molecular weight is 397 g/mol. The number of ether oxygens (including phenoxy) is 3. The maximum Gasteiger partial charge on any atom is 0.390 e. The van der Waals surface area contributed by atoms with E-state index in [0.29, 0.717) is 5.75 Å². The van der Waals surface area contributed by atoms with E-state index < -0.39 is 30.3 Å². The van der Waals surface area contributed by atoms with Gasteiger partial charge in [-0.15, -0.1) is 0 Å². The highest BCUT2D eigenvalue weighted by Crippen LogP contribution is 2.42. The third-order valence-electron chi connectivity index (χ3n) is 3.07. The minimum atomic E-state index is -4.68. The van der Waals surface area contributed by atoms with E-state index in [-0.39, 0.29) is 29.2 Å². The molecule has 1 atom stereocenters. The number of Topliss-reactive ketones (excluding diaryl/α,β-unsaturated/α-hetero) is 1. The van der Waals surface area contributed by atoms with E-state index >= 15 is 0 Å². The van der Waals surface area contributed by atoms with Crippen molar-refractivity contribution < 1.29 is 37.0 Å². The number of fused-ring (bicyclic) bond motifs is 1. The van der Waals surface area contributed by atoms with E-state index in [0.717, 1.165) is 0 Å². The Morgan fingerprint density at radius 1 is 1.35 bits per heavy atom. The molecule has 0 bridgehead atoms. The molecule has 1 aliphatic rings. The molecule has 0 aliphatic carbocycles. The minimum Gasteiger partial charge on any atom is -0.465 e. The third-order valence-corrected chi connectivity index (χ3v) is 3.85. The van der Waals surface area contributed by atoms with Crippen LogP contribution in [0.15, 0.2) is 16.6 Å². The molecule has 1 unspecified atom stereocenters. The summed E-state index contributed by atoms with van der Waals surface area (Å²) in [4.78, 5) is 24.2. The average Bonchev–Trinajstić information content (AvgIpc) is 2.93. The van der Waals surface area contributed by atoms with E-state index in [1.54, 1.807) is 0 Å². The summed E-state index contributed by atoms with van der Waals surface area (Å²) in [6.45, 7) is 1.27. The van der Waals surface area contributed by atoms with Crippen LogP contribution in [0, 0.1) is 5.92 Å². The van der Waals surface area contributed by atoms with Crippen molar-refractivity contribution in [3.05, 3.63) is 22.2 Å². The lowest BCUT2D eigenvalue weighted by Gasteiger charge is -2.17. The first-order valence-electron chi connectivity index (χ1n) is 6.60. The highest BCUT2D eigenvalue weighted by Gasteiger charge is 2.41. The SMILES string of the molecule is CCOC(=O)C(CC(F)(F)F)C(=O)c1ccc2c(c1Br)OCO2. The number of ketones is 1. The molecule has 0 aromatic heterocycles. The summed E-state index contributed by atoms with van der Waals surface area (Å²) in [6, 6.07) is 2.68. The number of hydrogen-bond donors (Lipinski definition) is 0. The van der Waals surface area contributed by atoms with Gasteiger partial charge in [-0.1, -0.05) is 0 Å². The topological polar surface area (TPSA) is 61.8 Å². The zero-order valence-corrected chi connectivity index (χ0v) is 13.5. The van der Waals surface area contributed by atoms with Crippen LogP contribution >= 0.6 is 15.9 Å². The van der Waals surface area contributed by atoms with E-state index in [2.05, 4.69) is 20.7 Å². The predicted molar refractivity (Wildman–Crippen MR) is 75.4 cm³/mol. The van der Waals surface area contributed by atoms with Gasteiger partial charge in [0.05, 0.1) is 17.5 Å². The number of esters is 1. The molecule has 0 fully saturated rings. The fourth-order valence-electron chi connectivity index (χ4n) is 2.07. The Kier molecular flexibility index (Phi) is 5.18. The first kappa shape index (κ1) is 17.6. The fraction of sp³-hybridized carbons (Fsp3) is 0.429. The Bertz CT molecular complexity index is 630. The van der Waals surface area contributed by atoms with Gasteiger partial charge < -0.3 is 14.2 Å². The van der Waals surface area contributed by atoms with Crippen molar-refractivity contribution in [2.75, 3.05) is 13.4 Å². The molecule has 0 saturated heterocycles. The molecule has 1 heterocycles. The second-order valence-electron chi connectivity index (χ2n) is 4.65. The number of rotatable bonds is 5. The Labute approximate surface area is 137 Å². The van der Waals surface area contributed by atoms with Gasteiger partial charge in [-0.2, -0.15) is 13.2 Å². The van der Waals surface area contributed by atoms with Crippen molar-refractivity contribution in [3.63, 3.8) is 0 Å². The second kappa shape index (κ2) is 6.77. The van der Waals surface area contributed by atoms with Crippen molar-refractivity contribution >= 4 is 27.7 Å². The van der Waals surface area contributed by atoms with Crippen molar-refractivity contribution in [2.45, 2.75) is 19.5 Å². The highest BCUT2D eigenvalue weighted by molar-refractivity contribution is 9.10. The van der Waals surface area contributed by atoms with Gasteiger partial charge in [-0.3, -0.25) is 9.59 Å². The summed E-state index contributed by atoms with van der Waals surface area (Å²) in [7, 11) is 0. The van der Waals surface area contributed by atoms with Crippen molar-refractivity contribution in [1.82, 2.24) is 0 Å². The smallest absolute Gasteiger partial charge is 0.390 e. The van der Waals surface area contributed by atoms with Crippen molar-refractivity contribution in [1.29, 1.82) is 0 Å². The predicted octanol–water partition coefficient (Wildman–Crippen LogP) is 3.49. The van der Waals surface area contributed by atoms with Crippen LogP contribution in [-0.4, -0.2) is 31.3 Å². The zero-order chi connectivity index (χ0) is 17.2. The third kappa shape index (κ3) is 3.95. The molecule has 23 heavy (non-hydrogen) atoms. The quantitative estimate of drug-likeness (QED) is 0.433. The molecule has 1 aromatic carbocycles. The first-order valence-corrected chi connectivity index (χ1v) is 7.39. The normalized spacial score (nSPS) is 14.5. The lowest BCUT2D eigenvalue weighted by molar-refractivity contribution is -0.163. The fourth-order valence-corrected chi connectivity index (χ4v) is 2.71. The Morgan fingerprint density at radius 2 is 2.04 bits per heavy atom. The van der Waals surface area contributed by atoms with Gasteiger partial charge in [-0.25, -0.2) is 0 Å². The number of carbonyl (C=O) groups excluding carboxylic acids is 2. The molecule has 1 aromatic rings. The Hall–Kier alpha value is -1.77. The molecule has 0 radical (unpaired) electrons. The molecule has 0 saturated carbocycles. The minimum absolute atomic E-state index is 0.0601. The van der Waals surface area contributed by atoms with Gasteiger partial charge in [0.2, 0.25) is 6.79 Å². The summed E-state index contributed by atoms with van der Waals surface area (Å²) in [5.41, 5.74) is -0.100. The van der Waals surface area contributed by atoms with Crippen molar-refractivity contribution in [3.8, 4) is 11.5 Å². The van der Waals surface area contributed by atoms with Gasteiger partial charge in [0.1, 0.15) is 5.92 Å². The van der Waals surface area contributed by atoms with Crippen LogP contribution in [0.2, 0.25) is 0 Å². The second-order valence-corrected chi connectivity index (χ2v) is 5.44. The van der Waals surface area contributed by atoms with E-state index in [4.69, 9.17) is 9.47 Å². The molecule has 5 nitrogen and oxygen atoms in total. The molecular formula is C14H12BrF3O5. The first-order chi connectivity index (χ1) is 10.7. The lowest BCUT2D eigenvalue weighted by atomic mass is 9.94. The largest absolute Gasteiger partial charge is 0.465 e. The molecule has 2 rings (SSSR count). The van der Waals surface area contributed by atoms with Gasteiger partial charge in [0.25, 0.3) is 0 Å². The van der Waals surface area contributed by atoms with Crippen LogP contribution in [0.4, 0.5) is 13.2 Å². The van der Waals surface area contributed by atoms with Gasteiger partial charge in [-0.05, 0) is 35.0 Å². The number of hydrogen-bond acceptors (Lipinski definition) is 5. The summed E-state index contributed by atoms with van der Waals surface area (Å²) in [6.07, 6.45) is -6.28. The van der Waals surface area contributed by atoms with Gasteiger partial charge >= 0.3 is 12.1 Å². The monoisotopic (exact) mass is 396 g/mol. The van der Waals surface area contributed by atoms with Crippen LogP contribution in [0.5, 0.6) is 11.5 Å². The maximum atomic E-state index is 12.7. The lowest BCUT2D eigenvalue weighted by Crippen LogP contribution is -2.31. The maximum absolute atomic E-state index is 12.7. The van der Waals surface area contributed by atoms with Crippen molar-refractivity contribution in [2.24, 2.45) is 5.92 Å². The van der Waals surface area contributed by atoms with E-state index in [1.807, 2.05) is 0 Å². The van der Waals surface area contributed by atoms with Crippen LogP contribution in [0.1, 0.15) is 23.7 Å². The highest BCUT2D eigenvalue weighted by atomic mass is 79.9. The molecular weight excluding hydrogens is 385 g/mol. The standard InChI is InChI=1S/C14H12BrF3O5/c1-2-21-13(20)8(5-14(16,17)18)11(19)7-3-4-9-12(10(7)15)23-6-22-9/h3-4,8H,2,5-6H2,1H3. The Balaban J connectivity index is 2.35. The molecule has 0 spiro atoms. The van der Waals surface area contributed by atoms with Crippen LogP contribution < -0.4 is 9.47 Å². The number of benzene rings is 1.